The monoisotopic (exact) mass is 241 g/mol. The smallest absolute Gasteiger partial charge is 0.412 e. The SMILES string of the molecule is N#[O+].O.O=S(O)(O)=S.[Fe+3].[Na+]. The second-order valence-electron chi connectivity index (χ2n) is 0.448. The number of hydrogen-bond acceptors (Lipinski definition) is 3. The first kappa shape index (κ1) is 30.1. The van der Waals surface area contributed by atoms with Gasteiger partial charge in [-0.25, -0.2) is 0 Å². The Labute approximate surface area is 95.0 Å². The molecule has 0 aliphatic rings. The minimum absolute atomic E-state index is 0. The molecule has 0 heterocycles. The van der Waals surface area contributed by atoms with Gasteiger partial charge in [0.2, 0.25) is 0 Å². The number of nitrogens with zero attached hydrogens (tertiary/aromatic N) is 1. The van der Waals surface area contributed by atoms with Gasteiger partial charge < -0.3 is 5.48 Å². The van der Waals surface area contributed by atoms with Crippen LogP contribution in [0, 0.1) is 5.46 Å². The van der Waals surface area contributed by atoms with E-state index in [-0.39, 0.29) is 52.1 Å². The predicted octanol–water partition coefficient (Wildman–Crippen LogP) is -4.25. The van der Waals surface area contributed by atoms with E-state index in [1.807, 2.05) is 0 Å². The summed E-state index contributed by atoms with van der Waals surface area (Å²) in [5.41, 5.74) is 5.75. The van der Waals surface area contributed by atoms with Crippen molar-refractivity contribution in [1.82, 2.24) is 0 Å². The molecule has 0 aliphatic heterocycles. The van der Waals surface area contributed by atoms with Crippen LogP contribution in [-0.2, 0) is 42.1 Å². The van der Waals surface area contributed by atoms with Crippen LogP contribution < -0.4 is 29.6 Å². The Kier molecular flexibility index (Phi) is 50.5. The van der Waals surface area contributed by atoms with E-state index < -0.39 is 9.05 Å². The largest absolute Gasteiger partial charge is 3.00 e. The zero-order valence-corrected chi connectivity index (χ0v) is 9.57. The van der Waals surface area contributed by atoms with Crippen LogP contribution in [0.4, 0.5) is 0 Å². The summed E-state index contributed by atoms with van der Waals surface area (Å²) in [7, 11) is -3.83. The minimum Gasteiger partial charge on any atom is -0.412 e. The molecule has 1 radical (unpaired) electrons. The van der Waals surface area contributed by atoms with Crippen molar-refractivity contribution in [2.24, 2.45) is 0 Å². The molecule has 0 aromatic heterocycles. The maximum atomic E-state index is 9.11. The number of hydrogen-bond donors (Lipinski definition) is 2. The van der Waals surface area contributed by atoms with E-state index >= 15 is 0 Å². The Bertz CT molecular complexity index is 131. The second-order valence-corrected chi connectivity index (χ2v) is 2.65. The van der Waals surface area contributed by atoms with Gasteiger partial charge in [-0.3, -0.25) is 9.11 Å². The quantitative estimate of drug-likeness (QED) is 0.327. The maximum Gasteiger partial charge on any atom is 3.00 e. The Morgan fingerprint density at radius 2 is 1.40 bits per heavy atom. The van der Waals surface area contributed by atoms with Crippen molar-refractivity contribution < 1.29 is 70.2 Å². The van der Waals surface area contributed by atoms with Crippen molar-refractivity contribution in [2.75, 3.05) is 0 Å². The molecule has 0 saturated carbocycles. The van der Waals surface area contributed by atoms with Crippen LogP contribution in [0.1, 0.15) is 0 Å². The summed E-state index contributed by atoms with van der Waals surface area (Å²) in [5, 5.41) is 0. The molecule has 0 fully saturated rings. The average molecular weight is 241 g/mol. The fraction of sp³-hybridized carbons (Fsp3) is 0. The average Bonchev–Trinajstić information content (AvgIpc) is 1.36. The molecule has 0 saturated heterocycles. The minimum atomic E-state index is -3.83. The summed E-state index contributed by atoms with van der Waals surface area (Å²) < 4.78 is 31.2. The van der Waals surface area contributed by atoms with E-state index in [1.165, 1.54) is 0 Å². The van der Waals surface area contributed by atoms with Crippen molar-refractivity contribution in [3.05, 3.63) is 0 Å². The molecule has 0 bridgehead atoms. The Balaban J connectivity index is -0.0000000154. The summed E-state index contributed by atoms with van der Waals surface area (Å²) in [5.74, 6) is 0. The van der Waals surface area contributed by atoms with Gasteiger partial charge in [-0.2, -0.15) is 4.21 Å². The molecular formula is H4FeNNaO5S2+5. The number of rotatable bonds is 0. The molecule has 0 aromatic rings. The van der Waals surface area contributed by atoms with Gasteiger partial charge in [-0.1, -0.05) is 0 Å². The zero-order chi connectivity index (χ0) is 6.50. The van der Waals surface area contributed by atoms with Crippen LogP contribution in [0.25, 0.3) is 0 Å². The molecule has 0 spiro atoms. The molecule has 10 heavy (non-hydrogen) atoms. The van der Waals surface area contributed by atoms with Crippen LogP contribution in [-0.4, -0.2) is 18.8 Å². The predicted molar refractivity (Wildman–Crippen MR) is 26.8 cm³/mol. The van der Waals surface area contributed by atoms with Crippen molar-refractivity contribution >= 4 is 20.2 Å². The molecule has 0 rings (SSSR count). The topological polar surface area (TPSA) is 133 Å². The van der Waals surface area contributed by atoms with E-state index in [0.29, 0.717) is 0 Å². The Morgan fingerprint density at radius 1 is 1.40 bits per heavy atom. The van der Waals surface area contributed by atoms with Crippen LogP contribution in [0.5, 0.6) is 0 Å². The van der Waals surface area contributed by atoms with Crippen molar-refractivity contribution in [1.29, 1.82) is 5.46 Å². The van der Waals surface area contributed by atoms with Gasteiger partial charge in [0.15, 0.2) is 0 Å². The fourth-order valence-corrected chi connectivity index (χ4v) is 0. The molecule has 0 amide bonds. The normalized spacial score (nSPS) is 6.00. The third kappa shape index (κ3) is 324. The molecule has 4 N–H and O–H groups in total. The maximum absolute atomic E-state index is 9.11. The van der Waals surface area contributed by atoms with E-state index in [9.17, 15) is 0 Å². The summed E-state index contributed by atoms with van der Waals surface area (Å²) >= 11 is 3.47. The molecule has 0 unspecified atom stereocenters. The first-order valence-corrected chi connectivity index (χ1v) is 3.28. The third-order valence-electron chi connectivity index (χ3n) is 0. The first-order chi connectivity index (χ1) is 3.00. The molecule has 0 aromatic carbocycles. The van der Waals surface area contributed by atoms with Gasteiger partial charge in [-0.05, 0) is 0 Å². The fourth-order valence-electron chi connectivity index (χ4n) is 0. The van der Waals surface area contributed by atoms with Crippen LogP contribution >= 0.6 is 0 Å². The Hall–Kier alpha value is 1.44. The van der Waals surface area contributed by atoms with Gasteiger partial charge in [0.05, 0.1) is 0 Å². The van der Waals surface area contributed by atoms with Crippen LogP contribution in [0.2, 0.25) is 0 Å². The van der Waals surface area contributed by atoms with Crippen molar-refractivity contribution in [3.8, 4) is 0 Å². The standard InChI is InChI=1S/Fe.NO.Na.H2O3S2.H2O/c;1-2;;1-5(2,3)4;/h;;;(H2,1,2,3,4);1H2/q+3;2*+1;;. The van der Waals surface area contributed by atoms with Crippen molar-refractivity contribution in [3.63, 3.8) is 0 Å². The summed E-state index contributed by atoms with van der Waals surface area (Å²) in [6, 6.07) is 0. The molecule has 0 atom stereocenters. The molecular weight excluding hydrogens is 237 g/mol. The summed E-state index contributed by atoms with van der Waals surface area (Å²) in [6.45, 7) is 0. The van der Waals surface area contributed by atoms with Crippen LogP contribution in [0.3, 0.4) is 0 Å². The van der Waals surface area contributed by atoms with E-state index in [4.69, 9.17) is 23.5 Å². The molecule has 6 nitrogen and oxygen atoms in total. The Morgan fingerprint density at radius 3 is 1.40 bits per heavy atom. The van der Waals surface area contributed by atoms with E-state index in [0.717, 1.165) is 0 Å². The van der Waals surface area contributed by atoms with Gasteiger partial charge in [0.25, 0.3) is 9.05 Å². The van der Waals surface area contributed by atoms with E-state index in [1.54, 1.807) is 0 Å². The van der Waals surface area contributed by atoms with Gasteiger partial charge in [0, 0.05) is 11.2 Å². The molecule has 55 valence electrons. The van der Waals surface area contributed by atoms with Gasteiger partial charge in [-0.15, -0.1) is 0 Å². The zero-order valence-electron chi connectivity index (χ0n) is 4.83. The third-order valence-corrected chi connectivity index (χ3v) is 0. The second kappa shape index (κ2) is 16.8. The summed E-state index contributed by atoms with van der Waals surface area (Å²) in [6.07, 6.45) is 0. The van der Waals surface area contributed by atoms with E-state index in [2.05, 4.69) is 11.2 Å². The molecule has 0 aliphatic carbocycles. The van der Waals surface area contributed by atoms with Gasteiger partial charge >= 0.3 is 56.9 Å². The van der Waals surface area contributed by atoms with Gasteiger partial charge in [0.1, 0.15) is 0 Å². The van der Waals surface area contributed by atoms with Crippen molar-refractivity contribution in [2.45, 2.75) is 0 Å². The molecule has 10 heteroatoms. The first-order valence-electron chi connectivity index (χ1n) is 0.881. The van der Waals surface area contributed by atoms with Crippen LogP contribution in [0.15, 0.2) is 0 Å². The summed E-state index contributed by atoms with van der Waals surface area (Å²) in [4.78, 5) is 0.